The van der Waals surface area contributed by atoms with E-state index in [1.54, 1.807) is 6.08 Å². The standard InChI is InChI=1S/C9H8O2/c10-8-5-9(11)7-4-2-1-3-6(7)8/h1,3H,2,4-5H2. The SMILES string of the molecule is O=C1CC(=O)C2=C1C=CCC2. The van der Waals surface area contributed by atoms with Gasteiger partial charge in [0.25, 0.3) is 0 Å². The highest BCUT2D eigenvalue weighted by Gasteiger charge is 2.29. The fourth-order valence-corrected chi connectivity index (χ4v) is 1.56. The van der Waals surface area contributed by atoms with Crippen LogP contribution in [0, 0.1) is 0 Å². The lowest BCUT2D eigenvalue weighted by atomic mass is 10.00. The van der Waals surface area contributed by atoms with Gasteiger partial charge in [0.2, 0.25) is 0 Å². The molecule has 0 N–H and O–H groups in total. The van der Waals surface area contributed by atoms with Crippen LogP contribution < -0.4 is 0 Å². The second-order valence-electron chi connectivity index (χ2n) is 2.86. The van der Waals surface area contributed by atoms with Crippen LogP contribution in [-0.4, -0.2) is 11.6 Å². The van der Waals surface area contributed by atoms with E-state index in [0.717, 1.165) is 18.4 Å². The molecule has 2 rings (SSSR count). The van der Waals surface area contributed by atoms with E-state index in [-0.39, 0.29) is 18.0 Å². The molecule has 0 saturated heterocycles. The minimum absolute atomic E-state index is 0.000880. The Bertz CT molecular complexity index is 295. The summed E-state index contributed by atoms with van der Waals surface area (Å²) in [4.78, 5) is 22.2. The zero-order valence-electron chi connectivity index (χ0n) is 6.09. The van der Waals surface area contributed by atoms with E-state index in [4.69, 9.17) is 0 Å². The summed E-state index contributed by atoms with van der Waals surface area (Å²) in [7, 11) is 0. The number of rotatable bonds is 0. The molecule has 2 heteroatoms. The van der Waals surface area contributed by atoms with Crippen LogP contribution in [0.4, 0.5) is 0 Å². The van der Waals surface area contributed by atoms with Gasteiger partial charge in [-0.15, -0.1) is 0 Å². The van der Waals surface area contributed by atoms with Crippen molar-refractivity contribution < 1.29 is 9.59 Å². The van der Waals surface area contributed by atoms with Crippen molar-refractivity contribution in [3.63, 3.8) is 0 Å². The van der Waals surface area contributed by atoms with Gasteiger partial charge in [-0.05, 0) is 12.8 Å². The van der Waals surface area contributed by atoms with Gasteiger partial charge in [0.1, 0.15) is 0 Å². The molecule has 0 bridgehead atoms. The van der Waals surface area contributed by atoms with Crippen molar-refractivity contribution in [2.45, 2.75) is 19.3 Å². The van der Waals surface area contributed by atoms with E-state index in [9.17, 15) is 9.59 Å². The maximum Gasteiger partial charge on any atom is 0.170 e. The molecule has 0 saturated carbocycles. The molecule has 0 spiro atoms. The molecule has 56 valence electrons. The second-order valence-corrected chi connectivity index (χ2v) is 2.86. The van der Waals surface area contributed by atoms with Crippen LogP contribution in [0.3, 0.4) is 0 Å². The normalized spacial score (nSPS) is 22.9. The van der Waals surface area contributed by atoms with Crippen LogP contribution in [0.5, 0.6) is 0 Å². The molecule has 0 heterocycles. The molecule has 0 radical (unpaired) electrons. The fourth-order valence-electron chi connectivity index (χ4n) is 1.56. The molecule has 0 aromatic rings. The highest BCUT2D eigenvalue weighted by molar-refractivity contribution is 6.23. The monoisotopic (exact) mass is 148 g/mol. The van der Waals surface area contributed by atoms with Crippen LogP contribution in [0.1, 0.15) is 19.3 Å². The Hall–Kier alpha value is -1.18. The van der Waals surface area contributed by atoms with Gasteiger partial charge in [-0.3, -0.25) is 9.59 Å². The lowest BCUT2D eigenvalue weighted by molar-refractivity contribution is -0.120. The maximum atomic E-state index is 11.1. The van der Waals surface area contributed by atoms with Crippen LogP contribution in [-0.2, 0) is 9.59 Å². The Labute approximate surface area is 64.6 Å². The average molecular weight is 148 g/mol. The average Bonchev–Trinajstić information content (AvgIpc) is 2.30. The highest BCUT2D eigenvalue weighted by atomic mass is 16.2. The van der Waals surface area contributed by atoms with E-state index >= 15 is 0 Å². The molecule has 0 amide bonds. The Balaban J connectivity index is 2.49. The third-order valence-electron chi connectivity index (χ3n) is 2.13. The van der Waals surface area contributed by atoms with Gasteiger partial charge < -0.3 is 0 Å². The quantitative estimate of drug-likeness (QED) is 0.483. The number of carbonyl (C=O) groups is 2. The predicted octanol–water partition coefficient (Wildman–Crippen LogP) is 1.17. The van der Waals surface area contributed by atoms with E-state index in [1.165, 1.54) is 0 Å². The first kappa shape index (κ1) is 6.53. The molecule has 0 unspecified atom stereocenters. The molecular formula is C9H8O2. The third kappa shape index (κ3) is 0.862. The second kappa shape index (κ2) is 2.16. The highest BCUT2D eigenvalue weighted by Crippen LogP contribution is 2.27. The van der Waals surface area contributed by atoms with Crippen molar-refractivity contribution in [2.24, 2.45) is 0 Å². The van der Waals surface area contributed by atoms with Crippen LogP contribution in [0.25, 0.3) is 0 Å². The largest absolute Gasteiger partial charge is 0.294 e. The predicted molar refractivity (Wildman–Crippen MR) is 40.0 cm³/mol. The van der Waals surface area contributed by atoms with Crippen molar-refractivity contribution in [3.8, 4) is 0 Å². The van der Waals surface area contributed by atoms with Gasteiger partial charge in [-0.25, -0.2) is 0 Å². The van der Waals surface area contributed by atoms with Gasteiger partial charge in [0.15, 0.2) is 11.6 Å². The molecule has 2 nitrogen and oxygen atoms in total. The molecular weight excluding hydrogens is 140 g/mol. The first-order valence-corrected chi connectivity index (χ1v) is 3.75. The topological polar surface area (TPSA) is 34.1 Å². The summed E-state index contributed by atoms with van der Waals surface area (Å²) in [5, 5.41) is 0. The summed E-state index contributed by atoms with van der Waals surface area (Å²) >= 11 is 0. The maximum absolute atomic E-state index is 11.1. The first-order valence-electron chi connectivity index (χ1n) is 3.75. The lowest BCUT2D eigenvalue weighted by Crippen LogP contribution is -1.97. The summed E-state index contributed by atoms with van der Waals surface area (Å²) in [5.74, 6) is 0.0373. The van der Waals surface area contributed by atoms with Crippen molar-refractivity contribution in [1.29, 1.82) is 0 Å². The summed E-state index contributed by atoms with van der Waals surface area (Å²) in [5.41, 5.74) is 1.43. The van der Waals surface area contributed by atoms with Gasteiger partial charge in [-0.2, -0.15) is 0 Å². The molecule has 0 atom stereocenters. The summed E-state index contributed by atoms with van der Waals surface area (Å²) in [6.07, 6.45) is 5.50. The lowest BCUT2D eigenvalue weighted by Gasteiger charge is -2.03. The number of hydrogen-bond acceptors (Lipinski definition) is 2. The molecule has 0 aliphatic heterocycles. The van der Waals surface area contributed by atoms with E-state index in [1.807, 2.05) is 6.08 Å². The first-order chi connectivity index (χ1) is 5.29. The van der Waals surface area contributed by atoms with Crippen molar-refractivity contribution in [1.82, 2.24) is 0 Å². The van der Waals surface area contributed by atoms with Gasteiger partial charge >= 0.3 is 0 Å². The third-order valence-corrected chi connectivity index (χ3v) is 2.13. The molecule has 0 aromatic heterocycles. The van der Waals surface area contributed by atoms with Gasteiger partial charge in [0.05, 0.1) is 6.42 Å². The zero-order valence-corrected chi connectivity index (χ0v) is 6.09. The number of carbonyl (C=O) groups excluding carboxylic acids is 2. The van der Waals surface area contributed by atoms with E-state index in [2.05, 4.69) is 0 Å². The minimum Gasteiger partial charge on any atom is -0.294 e. The van der Waals surface area contributed by atoms with Crippen LogP contribution >= 0.6 is 0 Å². The summed E-state index contributed by atoms with van der Waals surface area (Å²) in [6.45, 7) is 0. The number of ketones is 2. The number of hydrogen-bond donors (Lipinski definition) is 0. The van der Waals surface area contributed by atoms with Gasteiger partial charge in [-0.1, -0.05) is 12.2 Å². The summed E-state index contributed by atoms with van der Waals surface area (Å²) in [6, 6.07) is 0. The number of Topliss-reactive ketones (excluding diaryl/α,β-unsaturated/α-hetero) is 2. The van der Waals surface area contributed by atoms with E-state index < -0.39 is 0 Å². The molecule has 0 fully saturated rings. The Morgan fingerprint density at radius 1 is 1.18 bits per heavy atom. The fraction of sp³-hybridized carbons (Fsp3) is 0.333. The molecule has 0 aromatic carbocycles. The molecule has 2 aliphatic carbocycles. The number of allylic oxidation sites excluding steroid dienone is 4. The summed E-state index contributed by atoms with van der Waals surface area (Å²) < 4.78 is 0. The Morgan fingerprint density at radius 3 is 2.73 bits per heavy atom. The van der Waals surface area contributed by atoms with Crippen molar-refractivity contribution in [2.75, 3.05) is 0 Å². The zero-order chi connectivity index (χ0) is 7.84. The van der Waals surface area contributed by atoms with Crippen LogP contribution in [0.2, 0.25) is 0 Å². The van der Waals surface area contributed by atoms with E-state index in [0.29, 0.717) is 5.57 Å². The molecule has 11 heavy (non-hydrogen) atoms. The van der Waals surface area contributed by atoms with Crippen LogP contribution in [0.15, 0.2) is 23.3 Å². The molecule has 2 aliphatic rings. The minimum atomic E-state index is 0.000880. The van der Waals surface area contributed by atoms with Crippen molar-refractivity contribution >= 4 is 11.6 Å². The smallest absolute Gasteiger partial charge is 0.170 e. The van der Waals surface area contributed by atoms with Gasteiger partial charge in [0, 0.05) is 11.1 Å². The Kier molecular flexibility index (Phi) is 1.28. The Morgan fingerprint density at radius 2 is 2.00 bits per heavy atom. The van der Waals surface area contributed by atoms with Crippen molar-refractivity contribution in [3.05, 3.63) is 23.3 Å².